The highest BCUT2D eigenvalue weighted by Crippen LogP contribution is 1.99. The molecule has 0 bridgehead atoms. The maximum absolute atomic E-state index is 9.86. The Morgan fingerprint density at radius 2 is 2.50 bits per heavy atom. The maximum Gasteiger partial charge on any atom is 0.0893 e. The molecule has 0 aliphatic heterocycles. The molecule has 0 spiro atoms. The Kier molecular flexibility index (Phi) is 5.72. The van der Waals surface area contributed by atoms with Gasteiger partial charge >= 0.3 is 0 Å². The Balaban J connectivity index is 3.02. The maximum atomic E-state index is 9.86. The average molecular weight is 143 g/mol. The van der Waals surface area contributed by atoms with E-state index in [1.807, 2.05) is 0 Å². The van der Waals surface area contributed by atoms with Crippen LogP contribution in [-0.4, -0.2) is 12.6 Å². The number of ether oxygens (including phenoxy) is 1. The molecule has 10 heavy (non-hydrogen) atoms. The highest BCUT2D eigenvalue weighted by Gasteiger charge is 1.98. The third-order valence-electron chi connectivity index (χ3n) is 1.18. The van der Waals surface area contributed by atoms with Crippen molar-refractivity contribution in [1.29, 1.82) is 0 Å². The zero-order valence-electron chi connectivity index (χ0n) is 6.25. The second-order valence-electron chi connectivity index (χ2n) is 2.13. The van der Waals surface area contributed by atoms with Crippen molar-refractivity contribution in [2.24, 2.45) is 5.18 Å². The van der Waals surface area contributed by atoms with Crippen LogP contribution in [0.25, 0.3) is 0 Å². The largest absolute Gasteiger partial charge is 0.502 e. The van der Waals surface area contributed by atoms with Crippen molar-refractivity contribution in [3.63, 3.8) is 0 Å². The van der Waals surface area contributed by atoms with Gasteiger partial charge in [-0.05, 0) is 19.8 Å². The van der Waals surface area contributed by atoms with Gasteiger partial charge in [-0.3, -0.25) is 0 Å². The summed E-state index contributed by atoms with van der Waals surface area (Å²) in [6.07, 6.45) is 3.05. The molecule has 0 aliphatic carbocycles. The molecule has 0 radical (unpaired) electrons. The fourth-order valence-corrected chi connectivity index (χ4v) is 0.598. The molecule has 1 atom stereocenters. The summed E-state index contributed by atoms with van der Waals surface area (Å²) in [5.74, 6) is 0. The molecule has 0 aromatic carbocycles. The zero-order valence-corrected chi connectivity index (χ0v) is 6.25. The SMILES string of the molecule is C=COCCCC(C)N=O. The van der Waals surface area contributed by atoms with Crippen LogP contribution in [0.4, 0.5) is 0 Å². The molecular formula is C7H13NO2. The predicted octanol–water partition coefficient (Wildman–Crippen LogP) is 2.08. The van der Waals surface area contributed by atoms with Crippen LogP contribution in [0.5, 0.6) is 0 Å². The summed E-state index contributed by atoms with van der Waals surface area (Å²) in [7, 11) is 0. The lowest BCUT2D eigenvalue weighted by Crippen LogP contribution is -1.98. The molecule has 0 rings (SSSR count). The van der Waals surface area contributed by atoms with E-state index in [-0.39, 0.29) is 6.04 Å². The van der Waals surface area contributed by atoms with Gasteiger partial charge in [-0.1, -0.05) is 11.8 Å². The molecule has 3 heteroatoms. The van der Waals surface area contributed by atoms with Gasteiger partial charge in [0.05, 0.1) is 18.9 Å². The Morgan fingerprint density at radius 1 is 1.80 bits per heavy atom. The summed E-state index contributed by atoms with van der Waals surface area (Å²) in [5, 5.41) is 2.85. The van der Waals surface area contributed by atoms with Crippen molar-refractivity contribution >= 4 is 0 Å². The number of nitrogens with zero attached hydrogens (tertiary/aromatic N) is 1. The van der Waals surface area contributed by atoms with E-state index >= 15 is 0 Å². The van der Waals surface area contributed by atoms with Crippen LogP contribution >= 0.6 is 0 Å². The van der Waals surface area contributed by atoms with Gasteiger partial charge < -0.3 is 4.74 Å². The smallest absolute Gasteiger partial charge is 0.0893 e. The molecule has 0 fully saturated rings. The summed E-state index contributed by atoms with van der Waals surface area (Å²) in [6.45, 7) is 5.81. The Hall–Kier alpha value is -0.860. The molecule has 0 amide bonds. The van der Waals surface area contributed by atoms with Crippen molar-refractivity contribution in [2.75, 3.05) is 6.61 Å². The fraction of sp³-hybridized carbons (Fsp3) is 0.714. The number of nitroso groups, excluding NO2 is 1. The van der Waals surface area contributed by atoms with Crippen LogP contribution in [0.2, 0.25) is 0 Å². The van der Waals surface area contributed by atoms with E-state index in [4.69, 9.17) is 4.74 Å². The zero-order chi connectivity index (χ0) is 7.82. The van der Waals surface area contributed by atoms with E-state index in [2.05, 4.69) is 11.8 Å². The number of rotatable bonds is 6. The Morgan fingerprint density at radius 3 is 3.00 bits per heavy atom. The minimum absolute atomic E-state index is 0.0894. The van der Waals surface area contributed by atoms with Crippen LogP contribution in [0.15, 0.2) is 18.0 Å². The van der Waals surface area contributed by atoms with Crippen molar-refractivity contribution in [3.8, 4) is 0 Å². The summed E-state index contributed by atoms with van der Waals surface area (Å²) < 4.78 is 4.85. The van der Waals surface area contributed by atoms with E-state index in [0.29, 0.717) is 6.61 Å². The molecule has 58 valence electrons. The molecule has 0 saturated carbocycles. The van der Waals surface area contributed by atoms with E-state index in [1.165, 1.54) is 6.26 Å². The van der Waals surface area contributed by atoms with Gasteiger partial charge in [-0.2, -0.15) is 4.91 Å². The van der Waals surface area contributed by atoms with E-state index < -0.39 is 0 Å². The Bertz CT molecular complexity index is 104. The molecule has 0 aromatic heterocycles. The molecule has 1 unspecified atom stereocenters. The average Bonchev–Trinajstić information content (AvgIpc) is 1.98. The monoisotopic (exact) mass is 143 g/mol. The topological polar surface area (TPSA) is 38.7 Å². The van der Waals surface area contributed by atoms with Gasteiger partial charge in [-0.25, -0.2) is 0 Å². The minimum atomic E-state index is -0.0894. The summed E-state index contributed by atoms with van der Waals surface area (Å²) in [4.78, 5) is 9.86. The Labute approximate surface area is 61.0 Å². The molecule has 0 aliphatic rings. The van der Waals surface area contributed by atoms with Crippen molar-refractivity contribution in [3.05, 3.63) is 17.7 Å². The van der Waals surface area contributed by atoms with Gasteiger partial charge in [0.25, 0.3) is 0 Å². The summed E-state index contributed by atoms with van der Waals surface area (Å²) in [5.41, 5.74) is 0. The van der Waals surface area contributed by atoms with Gasteiger partial charge in [0.2, 0.25) is 0 Å². The second-order valence-corrected chi connectivity index (χ2v) is 2.13. The highest BCUT2D eigenvalue weighted by molar-refractivity contribution is 4.58. The van der Waals surface area contributed by atoms with Gasteiger partial charge in [-0.15, -0.1) is 0 Å². The normalized spacial score (nSPS) is 12.1. The molecule has 0 aromatic rings. The van der Waals surface area contributed by atoms with Crippen LogP contribution in [0, 0.1) is 4.91 Å². The first-order valence-corrected chi connectivity index (χ1v) is 3.36. The first-order chi connectivity index (χ1) is 4.81. The molecule has 0 saturated heterocycles. The van der Waals surface area contributed by atoms with Crippen LogP contribution in [-0.2, 0) is 4.74 Å². The van der Waals surface area contributed by atoms with E-state index in [9.17, 15) is 4.91 Å². The third-order valence-corrected chi connectivity index (χ3v) is 1.18. The van der Waals surface area contributed by atoms with Crippen LogP contribution < -0.4 is 0 Å². The lowest BCUT2D eigenvalue weighted by molar-refractivity contribution is 0.240. The second kappa shape index (κ2) is 6.26. The highest BCUT2D eigenvalue weighted by atomic mass is 16.5. The minimum Gasteiger partial charge on any atom is -0.502 e. The molecular weight excluding hydrogens is 130 g/mol. The standard InChI is InChI=1S/C7H13NO2/c1-3-10-6-4-5-7(2)8-9/h3,7H,1,4-6H2,2H3. The number of hydrogen-bond donors (Lipinski definition) is 0. The quantitative estimate of drug-likeness (QED) is 0.324. The van der Waals surface area contributed by atoms with Crippen molar-refractivity contribution in [1.82, 2.24) is 0 Å². The number of hydrogen-bond acceptors (Lipinski definition) is 3. The predicted molar refractivity (Wildman–Crippen MR) is 40.6 cm³/mol. The summed E-state index contributed by atoms with van der Waals surface area (Å²) >= 11 is 0. The molecule has 0 N–H and O–H groups in total. The van der Waals surface area contributed by atoms with E-state index in [1.54, 1.807) is 6.92 Å². The van der Waals surface area contributed by atoms with Gasteiger partial charge in [0.1, 0.15) is 0 Å². The first-order valence-electron chi connectivity index (χ1n) is 3.36. The molecule has 0 heterocycles. The first kappa shape index (κ1) is 9.14. The van der Waals surface area contributed by atoms with Crippen LogP contribution in [0.3, 0.4) is 0 Å². The fourth-order valence-electron chi connectivity index (χ4n) is 0.598. The summed E-state index contributed by atoms with van der Waals surface area (Å²) in [6, 6.07) is -0.0894. The molecule has 3 nitrogen and oxygen atoms in total. The van der Waals surface area contributed by atoms with Crippen molar-refractivity contribution < 1.29 is 4.74 Å². The van der Waals surface area contributed by atoms with Crippen LogP contribution in [0.1, 0.15) is 19.8 Å². The lowest BCUT2D eigenvalue weighted by atomic mass is 10.2. The third kappa shape index (κ3) is 5.28. The van der Waals surface area contributed by atoms with Gasteiger partial charge in [0.15, 0.2) is 0 Å². The van der Waals surface area contributed by atoms with Crippen molar-refractivity contribution in [2.45, 2.75) is 25.8 Å². The lowest BCUT2D eigenvalue weighted by Gasteiger charge is -2.00. The van der Waals surface area contributed by atoms with Gasteiger partial charge in [0, 0.05) is 0 Å². The van der Waals surface area contributed by atoms with E-state index in [0.717, 1.165) is 12.8 Å².